The van der Waals surface area contributed by atoms with Gasteiger partial charge in [0.15, 0.2) is 0 Å². The van der Waals surface area contributed by atoms with Gasteiger partial charge in [-0.2, -0.15) is 0 Å². The first kappa shape index (κ1) is 14.6. The lowest BCUT2D eigenvalue weighted by molar-refractivity contribution is -0.133. The lowest BCUT2D eigenvalue weighted by atomic mass is 10.1. The molecule has 6 heteroatoms. The van der Waals surface area contributed by atoms with Crippen LogP contribution in [-0.4, -0.2) is 10.8 Å². The molecule has 0 aliphatic carbocycles. The molecule has 0 saturated carbocycles. The predicted molar refractivity (Wildman–Crippen MR) is 80.3 cm³/mol. The van der Waals surface area contributed by atoms with Crippen LogP contribution >= 0.6 is 15.9 Å². The SMILES string of the molecule is CCC(Br)C(=O)Oc1ccc2c(N)cc(=O)oc2c1C. The maximum atomic E-state index is 11.8. The van der Waals surface area contributed by atoms with Gasteiger partial charge in [0.2, 0.25) is 0 Å². The van der Waals surface area contributed by atoms with Crippen molar-refractivity contribution in [2.24, 2.45) is 0 Å². The molecule has 0 radical (unpaired) electrons. The molecule has 0 fully saturated rings. The van der Waals surface area contributed by atoms with Gasteiger partial charge in [0, 0.05) is 22.7 Å². The average Bonchev–Trinajstić information content (AvgIpc) is 2.41. The van der Waals surface area contributed by atoms with Crippen LogP contribution in [0.4, 0.5) is 5.69 Å². The molecule has 1 heterocycles. The van der Waals surface area contributed by atoms with Gasteiger partial charge in [0.1, 0.15) is 16.2 Å². The van der Waals surface area contributed by atoms with Crippen molar-refractivity contribution in [3.8, 4) is 5.75 Å². The highest BCUT2D eigenvalue weighted by Crippen LogP contribution is 2.29. The number of aryl methyl sites for hydroxylation is 1. The molecule has 2 N–H and O–H groups in total. The van der Waals surface area contributed by atoms with E-state index in [-0.39, 0.29) is 10.8 Å². The highest BCUT2D eigenvalue weighted by Gasteiger charge is 2.18. The zero-order valence-electron chi connectivity index (χ0n) is 11.1. The zero-order valence-corrected chi connectivity index (χ0v) is 12.7. The standard InChI is InChI=1S/C14H14BrNO4/c1-3-9(15)14(18)19-11-5-4-8-10(16)6-12(17)20-13(8)7(11)2/h4-6,9H,3,16H2,1-2H3. The Balaban J connectivity index is 2.49. The molecule has 0 aliphatic rings. The van der Waals surface area contributed by atoms with Crippen LogP contribution in [0.15, 0.2) is 27.4 Å². The summed E-state index contributed by atoms with van der Waals surface area (Å²) in [7, 11) is 0. The molecule has 0 amide bonds. The van der Waals surface area contributed by atoms with Gasteiger partial charge in [-0.3, -0.25) is 4.79 Å². The average molecular weight is 340 g/mol. The van der Waals surface area contributed by atoms with Crippen LogP contribution in [0.1, 0.15) is 18.9 Å². The second-order valence-electron chi connectivity index (χ2n) is 4.38. The molecular formula is C14H14BrNO4. The lowest BCUT2D eigenvalue weighted by Crippen LogP contribution is -2.20. The summed E-state index contributed by atoms with van der Waals surface area (Å²) in [6.07, 6.45) is 0.619. The van der Waals surface area contributed by atoms with Gasteiger partial charge in [0.05, 0.1) is 0 Å². The summed E-state index contributed by atoms with van der Waals surface area (Å²) in [5.74, 6) is -0.0321. The predicted octanol–water partition coefficient (Wildman–Crippen LogP) is 2.76. The van der Waals surface area contributed by atoms with E-state index in [1.165, 1.54) is 6.07 Å². The van der Waals surface area contributed by atoms with Crippen LogP contribution in [0.25, 0.3) is 11.0 Å². The smallest absolute Gasteiger partial charge is 0.338 e. The van der Waals surface area contributed by atoms with Gasteiger partial charge in [0.25, 0.3) is 0 Å². The van der Waals surface area contributed by atoms with Gasteiger partial charge in [-0.15, -0.1) is 0 Å². The number of alkyl halides is 1. The number of esters is 1. The molecule has 20 heavy (non-hydrogen) atoms. The number of benzene rings is 1. The minimum absolute atomic E-state index is 0.336. The minimum atomic E-state index is -0.534. The van der Waals surface area contributed by atoms with E-state index in [2.05, 4.69) is 15.9 Å². The summed E-state index contributed by atoms with van der Waals surface area (Å²) in [5, 5.41) is 0.618. The van der Waals surface area contributed by atoms with Crippen LogP contribution in [0.3, 0.4) is 0 Å². The summed E-state index contributed by atoms with van der Waals surface area (Å²) in [6, 6.07) is 4.53. The number of carbonyl (C=O) groups is 1. The largest absolute Gasteiger partial charge is 0.425 e. The monoisotopic (exact) mass is 339 g/mol. The van der Waals surface area contributed by atoms with Crippen LogP contribution in [0.5, 0.6) is 5.75 Å². The number of fused-ring (bicyclic) bond motifs is 1. The van der Waals surface area contributed by atoms with Gasteiger partial charge in [-0.1, -0.05) is 22.9 Å². The number of hydrogen-bond donors (Lipinski definition) is 1. The number of anilines is 1. The van der Waals surface area contributed by atoms with Crippen molar-refractivity contribution in [1.82, 2.24) is 0 Å². The highest BCUT2D eigenvalue weighted by molar-refractivity contribution is 9.10. The number of carbonyl (C=O) groups excluding carboxylic acids is 1. The van der Waals surface area contributed by atoms with Gasteiger partial charge < -0.3 is 14.9 Å². The third-order valence-corrected chi connectivity index (χ3v) is 3.99. The van der Waals surface area contributed by atoms with Crippen molar-refractivity contribution in [2.45, 2.75) is 25.1 Å². The van der Waals surface area contributed by atoms with Crippen molar-refractivity contribution >= 4 is 38.6 Å². The van der Waals surface area contributed by atoms with Crippen molar-refractivity contribution in [2.75, 3.05) is 5.73 Å². The summed E-state index contributed by atoms with van der Waals surface area (Å²) in [4.78, 5) is 22.8. The van der Waals surface area contributed by atoms with E-state index < -0.39 is 5.63 Å². The van der Waals surface area contributed by atoms with E-state index in [1.807, 2.05) is 6.92 Å². The third-order valence-electron chi connectivity index (χ3n) is 2.97. The maximum absolute atomic E-state index is 11.8. The Labute approximate surface area is 123 Å². The van der Waals surface area contributed by atoms with Crippen LogP contribution < -0.4 is 16.1 Å². The Bertz CT molecular complexity index is 723. The second-order valence-corrected chi connectivity index (χ2v) is 5.49. The van der Waals surface area contributed by atoms with Crippen molar-refractivity contribution in [3.05, 3.63) is 34.2 Å². The molecule has 2 rings (SSSR count). The van der Waals surface area contributed by atoms with Gasteiger partial charge >= 0.3 is 11.6 Å². The number of nitrogen functional groups attached to an aromatic ring is 1. The van der Waals surface area contributed by atoms with E-state index in [0.717, 1.165) is 0 Å². The van der Waals surface area contributed by atoms with Crippen molar-refractivity contribution in [3.63, 3.8) is 0 Å². The fourth-order valence-electron chi connectivity index (χ4n) is 1.82. The number of halogens is 1. The normalized spacial score (nSPS) is 12.3. The summed E-state index contributed by atoms with van der Waals surface area (Å²) >= 11 is 3.23. The molecule has 2 aromatic rings. The van der Waals surface area contributed by atoms with Crippen LogP contribution in [0, 0.1) is 6.92 Å². The lowest BCUT2D eigenvalue weighted by Gasteiger charge is -2.11. The molecule has 0 aliphatic heterocycles. The second kappa shape index (κ2) is 5.66. The minimum Gasteiger partial charge on any atom is -0.425 e. The molecule has 1 aromatic heterocycles. The first-order valence-corrected chi connectivity index (χ1v) is 7.04. The number of hydrogen-bond acceptors (Lipinski definition) is 5. The Morgan fingerprint density at radius 3 is 2.85 bits per heavy atom. The van der Waals surface area contributed by atoms with Crippen molar-refractivity contribution < 1.29 is 13.9 Å². The van der Waals surface area contributed by atoms with E-state index in [0.29, 0.717) is 34.4 Å². The Morgan fingerprint density at radius 2 is 2.20 bits per heavy atom. The van der Waals surface area contributed by atoms with E-state index in [9.17, 15) is 9.59 Å². The fraction of sp³-hybridized carbons (Fsp3) is 0.286. The van der Waals surface area contributed by atoms with Crippen molar-refractivity contribution in [1.29, 1.82) is 0 Å². The topological polar surface area (TPSA) is 82.5 Å². The number of ether oxygens (including phenoxy) is 1. The number of rotatable bonds is 3. The first-order chi connectivity index (χ1) is 9.43. The molecule has 0 saturated heterocycles. The third kappa shape index (κ3) is 2.70. The Kier molecular flexibility index (Phi) is 4.13. The summed E-state index contributed by atoms with van der Waals surface area (Å²) in [6.45, 7) is 3.58. The fourth-order valence-corrected chi connectivity index (χ4v) is 1.91. The van der Waals surface area contributed by atoms with Crippen LogP contribution in [0.2, 0.25) is 0 Å². The van der Waals surface area contributed by atoms with Gasteiger partial charge in [-0.05, 0) is 25.5 Å². The maximum Gasteiger partial charge on any atom is 0.338 e. The molecule has 0 spiro atoms. The summed E-state index contributed by atoms with van der Waals surface area (Å²) < 4.78 is 10.4. The Morgan fingerprint density at radius 1 is 1.50 bits per heavy atom. The van der Waals surface area contributed by atoms with E-state index in [1.54, 1.807) is 19.1 Å². The molecule has 1 unspecified atom stereocenters. The highest BCUT2D eigenvalue weighted by atomic mass is 79.9. The van der Waals surface area contributed by atoms with Crippen LogP contribution in [-0.2, 0) is 4.79 Å². The number of nitrogens with two attached hydrogens (primary N) is 1. The van der Waals surface area contributed by atoms with E-state index in [4.69, 9.17) is 14.9 Å². The van der Waals surface area contributed by atoms with E-state index >= 15 is 0 Å². The Hall–Kier alpha value is -1.82. The molecule has 106 valence electrons. The zero-order chi connectivity index (χ0) is 14.9. The van der Waals surface area contributed by atoms with Gasteiger partial charge in [-0.25, -0.2) is 4.79 Å². The first-order valence-electron chi connectivity index (χ1n) is 6.12. The molecular weight excluding hydrogens is 326 g/mol. The molecule has 1 aromatic carbocycles. The molecule has 5 nitrogen and oxygen atoms in total. The molecule has 0 bridgehead atoms. The quantitative estimate of drug-likeness (QED) is 0.402. The summed E-state index contributed by atoms with van der Waals surface area (Å²) in [5.41, 5.74) is 6.48. The molecule has 1 atom stereocenters.